The minimum absolute atomic E-state index is 0.0201. The van der Waals surface area contributed by atoms with Crippen LogP contribution in [0.1, 0.15) is 43.0 Å². The number of fused-ring (bicyclic) bond motifs is 3. The van der Waals surface area contributed by atoms with Crippen LogP contribution in [-0.2, 0) is 4.79 Å². The molecule has 0 spiro atoms. The molecule has 0 aromatic heterocycles. The van der Waals surface area contributed by atoms with Crippen molar-refractivity contribution >= 4 is 11.9 Å². The van der Waals surface area contributed by atoms with Gasteiger partial charge in [0.25, 0.3) is 5.91 Å². The van der Waals surface area contributed by atoms with Gasteiger partial charge < -0.3 is 19.5 Å². The summed E-state index contributed by atoms with van der Waals surface area (Å²) in [4.78, 5) is 26.7. The van der Waals surface area contributed by atoms with Crippen LogP contribution in [0.25, 0.3) is 0 Å². The number of carbonyl (C=O) groups excluding carboxylic acids is 1. The monoisotopic (exact) mass is 331 g/mol. The Morgan fingerprint density at radius 2 is 2.00 bits per heavy atom. The van der Waals surface area contributed by atoms with Gasteiger partial charge in [-0.05, 0) is 43.9 Å². The van der Waals surface area contributed by atoms with Crippen LogP contribution in [0.2, 0.25) is 0 Å². The Bertz CT molecular complexity index is 703. The highest BCUT2D eigenvalue weighted by Crippen LogP contribution is 2.52. The fourth-order valence-corrected chi connectivity index (χ4v) is 4.58. The van der Waals surface area contributed by atoms with Gasteiger partial charge in [0.2, 0.25) is 0 Å². The molecule has 0 aliphatic carbocycles. The van der Waals surface area contributed by atoms with Gasteiger partial charge in [-0.15, -0.1) is 0 Å². The van der Waals surface area contributed by atoms with Crippen LogP contribution in [0.15, 0.2) is 18.2 Å². The average Bonchev–Trinajstić information content (AvgIpc) is 3.16. The molecular formula is C18H21NO5. The molecule has 6 nitrogen and oxygen atoms in total. The summed E-state index contributed by atoms with van der Waals surface area (Å²) >= 11 is 0. The van der Waals surface area contributed by atoms with Crippen molar-refractivity contribution in [2.75, 3.05) is 13.2 Å². The van der Waals surface area contributed by atoms with E-state index in [9.17, 15) is 14.7 Å². The Morgan fingerprint density at radius 3 is 2.67 bits per heavy atom. The van der Waals surface area contributed by atoms with E-state index >= 15 is 0 Å². The zero-order valence-electron chi connectivity index (χ0n) is 13.7. The highest BCUT2D eigenvalue weighted by Gasteiger charge is 2.60. The van der Waals surface area contributed by atoms with Crippen molar-refractivity contribution in [2.45, 2.75) is 44.7 Å². The van der Waals surface area contributed by atoms with E-state index in [4.69, 9.17) is 9.47 Å². The van der Waals surface area contributed by atoms with Crippen LogP contribution in [0.3, 0.4) is 0 Å². The van der Waals surface area contributed by atoms with E-state index in [0.717, 1.165) is 12.8 Å². The summed E-state index contributed by atoms with van der Waals surface area (Å²) in [6.07, 6.45) is 2.76. The summed E-state index contributed by atoms with van der Waals surface area (Å²) in [6.45, 7) is 2.88. The lowest BCUT2D eigenvalue weighted by atomic mass is 9.72. The molecule has 24 heavy (non-hydrogen) atoms. The second-order valence-corrected chi connectivity index (χ2v) is 6.84. The van der Waals surface area contributed by atoms with E-state index in [2.05, 4.69) is 0 Å². The van der Waals surface area contributed by atoms with E-state index in [1.165, 1.54) is 0 Å². The van der Waals surface area contributed by atoms with Crippen molar-refractivity contribution in [1.82, 2.24) is 4.90 Å². The predicted molar refractivity (Wildman–Crippen MR) is 85.4 cm³/mol. The normalized spacial score (nSPS) is 30.5. The van der Waals surface area contributed by atoms with E-state index in [0.29, 0.717) is 43.1 Å². The zero-order chi connectivity index (χ0) is 16.9. The molecule has 1 aromatic rings. The molecule has 128 valence electrons. The third kappa shape index (κ3) is 2.01. The molecule has 3 atom stereocenters. The van der Waals surface area contributed by atoms with Gasteiger partial charge in [-0.25, -0.2) is 0 Å². The number of carbonyl (C=O) groups is 2. The third-order valence-corrected chi connectivity index (χ3v) is 5.82. The Labute approximate surface area is 140 Å². The second kappa shape index (κ2) is 5.40. The summed E-state index contributed by atoms with van der Waals surface area (Å²) in [5.41, 5.74) is -0.264. The van der Waals surface area contributed by atoms with Crippen LogP contribution < -0.4 is 9.47 Å². The van der Waals surface area contributed by atoms with Gasteiger partial charge in [-0.3, -0.25) is 9.59 Å². The molecular weight excluding hydrogens is 310 g/mol. The Balaban J connectivity index is 1.65. The molecule has 3 aliphatic heterocycles. The van der Waals surface area contributed by atoms with E-state index in [-0.39, 0.29) is 18.0 Å². The van der Waals surface area contributed by atoms with Crippen molar-refractivity contribution in [1.29, 1.82) is 0 Å². The maximum absolute atomic E-state index is 13.1. The minimum Gasteiger partial charge on any atom is -0.486 e. The van der Waals surface area contributed by atoms with Gasteiger partial charge in [0.15, 0.2) is 11.5 Å². The first kappa shape index (κ1) is 15.3. The van der Waals surface area contributed by atoms with Crippen molar-refractivity contribution in [3.05, 3.63) is 23.8 Å². The van der Waals surface area contributed by atoms with Crippen molar-refractivity contribution in [2.24, 2.45) is 5.41 Å². The molecule has 4 rings (SSSR count). The quantitative estimate of drug-likeness (QED) is 0.920. The molecule has 2 bridgehead atoms. The van der Waals surface area contributed by atoms with Crippen LogP contribution in [0.4, 0.5) is 0 Å². The van der Waals surface area contributed by atoms with Gasteiger partial charge >= 0.3 is 5.97 Å². The molecule has 6 heteroatoms. The molecule has 2 fully saturated rings. The fraction of sp³-hybridized carbons (Fsp3) is 0.556. The van der Waals surface area contributed by atoms with Gasteiger partial charge in [-0.2, -0.15) is 0 Å². The van der Waals surface area contributed by atoms with E-state index in [1.807, 2.05) is 11.8 Å². The number of hydrogen-bond acceptors (Lipinski definition) is 4. The fourth-order valence-electron chi connectivity index (χ4n) is 4.58. The Kier molecular flexibility index (Phi) is 3.44. The van der Waals surface area contributed by atoms with Crippen LogP contribution in [-0.4, -0.2) is 47.2 Å². The summed E-state index contributed by atoms with van der Waals surface area (Å²) in [5, 5.41) is 9.74. The number of carboxylic acids is 1. The number of nitrogens with zero attached hydrogens (tertiary/aromatic N) is 1. The van der Waals surface area contributed by atoms with Crippen LogP contribution >= 0.6 is 0 Å². The summed E-state index contributed by atoms with van der Waals surface area (Å²) in [5.74, 6) is 0.350. The maximum atomic E-state index is 13.1. The molecule has 0 radical (unpaired) electrons. The lowest BCUT2D eigenvalue weighted by molar-refractivity contribution is -0.151. The van der Waals surface area contributed by atoms with Gasteiger partial charge in [0.1, 0.15) is 13.2 Å². The number of hydrogen-bond donors (Lipinski definition) is 1. The molecule has 0 unspecified atom stereocenters. The number of rotatable bonds is 3. The number of benzene rings is 1. The van der Waals surface area contributed by atoms with Crippen molar-refractivity contribution < 1.29 is 24.2 Å². The third-order valence-electron chi connectivity index (χ3n) is 5.82. The Hall–Kier alpha value is -2.24. The van der Waals surface area contributed by atoms with Gasteiger partial charge in [0, 0.05) is 17.6 Å². The highest BCUT2D eigenvalue weighted by atomic mass is 16.6. The maximum Gasteiger partial charge on any atom is 0.311 e. The van der Waals surface area contributed by atoms with Gasteiger partial charge in [-0.1, -0.05) is 6.92 Å². The molecule has 0 saturated carbocycles. The topological polar surface area (TPSA) is 76.1 Å². The molecule has 3 heterocycles. The summed E-state index contributed by atoms with van der Waals surface area (Å²) < 4.78 is 11.0. The zero-order valence-corrected chi connectivity index (χ0v) is 13.7. The summed E-state index contributed by atoms with van der Waals surface area (Å²) in [7, 11) is 0. The van der Waals surface area contributed by atoms with Crippen LogP contribution in [0.5, 0.6) is 11.5 Å². The SMILES string of the molecule is CC[C@@]1(C(=O)O)C[C@@H]2CC[C@H]1N2C(=O)c1ccc2c(c1)OCCO2. The average molecular weight is 331 g/mol. The first-order valence-electron chi connectivity index (χ1n) is 8.52. The smallest absolute Gasteiger partial charge is 0.311 e. The standard InChI is InChI=1S/C18H21NO5/c1-2-18(17(21)22)10-12-4-6-15(18)19(12)16(20)11-3-5-13-14(9-11)24-8-7-23-13/h3,5,9,12,15H,2,4,6-8,10H2,1H3,(H,21,22)/t12-,15+,18+/m0/s1. The lowest BCUT2D eigenvalue weighted by Gasteiger charge is -2.32. The molecule has 1 aromatic carbocycles. The van der Waals surface area contributed by atoms with Crippen molar-refractivity contribution in [3.63, 3.8) is 0 Å². The summed E-state index contributed by atoms with van der Waals surface area (Å²) in [6, 6.07) is 5.01. The predicted octanol–water partition coefficient (Wildman–Crippen LogP) is 2.32. The van der Waals surface area contributed by atoms with Crippen LogP contribution in [0, 0.1) is 5.41 Å². The molecule has 1 N–H and O–H groups in total. The highest BCUT2D eigenvalue weighted by molar-refractivity contribution is 5.96. The van der Waals surface area contributed by atoms with Crippen molar-refractivity contribution in [3.8, 4) is 11.5 Å². The first-order chi connectivity index (χ1) is 11.6. The van der Waals surface area contributed by atoms with Gasteiger partial charge in [0.05, 0.1) is 5.41 Å². The lowest BCUT2D eigenvalue weighted by Crippen LogP contribution is -2.44. The molecule has 2 saturated heterocycles. The number of carboxylic acid groups (broad SMARTS) is 1. The Morgan fingerprint density at radius 1 is 1.25 bits per heavy atom. The van der Waals surface area contributed by atoms with E-state index in [1.54, 1.807) is 18.2 Å². The molecule has 1 amide bonds. The number of ether oxygens (including phenoxy) is 2. The minimum atomic E-state index is -0.799. The number of aliphatic carboxylic acids is 1. The number of amides is 1. The van der Waals surface area contributed by atoms with E-state index < -0.39 is 11.4 Å². The first-order valence-corrected chi connectivity index (χ1v) is 8.52. The largest absolute Gasteiger partial charge is 0.486 e. The second-order valence-electron chi connectivity index (χ2n) is 6.84. The molecule has 3 aliphatic rings.